The molecule has 1 aromatic heterocycles. The highest BCUT2D eigenvalue weighted by atomic mass is 16.2. The highest BCUT2D eigenvalue weighted by Gasteiger charge is 2.30. The van der Waals surface area contributed by atoms with E-state index >= 15 is 0 Å². The van der Waals surface area contributed by atoms with Gasteiger partial charge in [0.2, 0.25) is 0 Å². The molecule has 1 saturated carbocycles. The van der Waals surface area contributed by atoms with Crippen molar-refractivity contribution >= 4 is 5.91 Å². The lowest BCUT2D eigenvalue weighted by Crippen LogP contribution is -2.29. The van der Waals surface area contributed by atoms with Crippen LogP contribution in [0.2, 0.25) is 0 Å². The number of nitrogens with zero attached hydrogens (tertiary/aromatic N) is 2. The van der Waals surface area contributed by atoms with E-state index in [0.29, 0.717) is 18.3 Å². The number of amides is 1. The number of hydrogen-bond donors (Lipinski definition) is 1. The molecular formula is C11H15N3O. The normalized spacial score (nSPS) is 15.1. The van der Waals surface area contributed by atoms with Crippen LogP contribution in [-0.4, -0.2) is 28.9 Å². The van der Waals surface area contributed by atoms with Crippen LogP contribution in [0.3, 0.4) is 0 Å². The van der Waals surface area contributed by atoms with E-state index < -0.39 is 0 Å². The van der Waals surface area contributed by atoms with Crippen molar-refractivity contribution in [3.63, 3.8) is 0 Å². The summed E-state index contributed by atoms with van der Waals surface area (Å²) in [4.78, 5) is 17.9. The molecule has 0 aliphatic heterocycles. The number of pyridine rings is 1. The molecule has 4 nitrogen and oxygen atoms in total. The van der Waals surface area contributed by atoms with E-state index in [1.807, 2.05) is 19.2 Å². The van der Waals surface area contributed by atoms with E-state index in [9.17, 15) is 4.79 Å². The maximum absolute atomic E-state index is 11.9. The Hall–Kier alpha value is -1.42. The Kier molecular flexibility index (Phi) is 2.68. The van der Waals surface area contributed by atoms with Crippen molar-refractivity contribution < 1.29 is 4.79 Å². The molecule has 0 spiro atoms. The van der Waals surface area contributed by atoms with Gasteiger partial charge in [0.05, 0.1) is 5.69 Å². The van der Waals surface area contributed by atoms with E-state index in [1.165, 1.54) is 0 Å². The van der Waals surface area contributed by atoms with Gasteiger partial charge in [-0.15, -0.1) is 0 Å². The molecule has 15 heavy (non-hydrogen) atoms. The monoisotopic (exact) mass is 205 g/mol. The zero-order valence-corrected chi connectivity index (χ0v) is 8.81. The van der Waals surface area contributed by atoms with E-state index in [2.05, 4.69) is 4.98 Å². The van der Waals surface area contributed by atoms with Crippen molar-refractivity contribution in [2.75, 3.05) is 7.05 Å². The lowest BCUT2D eigenvalue weighted by molar-refractivity contribution is 0.0779. The number of carbonyl (C=O) groups excluding carboxylic acids is 1. The van der Waals surface area contributed by atoms with E-state index in [1.54, 1.807) is 11.0 Å². The van der Waals surface area contributed by atoms with Crippen LogP contribution in [0.5, 0.6) is 0 Å². The molecular weight excluding hydrogens is 190 g/mol. The zero-order valence-electron chi connectivity index (χ0n) is 8.81. The van der Waals surface area contributed by atoms with Gasteiger partial charge in [-0.05, 0) is 25.0 Å². The minimum absolute atomic E-state index is 0.00667. The lowest BCUT2D eigenvalue weighted by atomic mass is 10.2. The van der Waals surface area contributed by atoms with Crippen LogP contribution in [-0.2, 0) is 6.54 Å². The summed E-state index contributed by atoms with van der Waals surface area (Å²) in [6.07, 6.45) is 2.22. The first-order valence-corrected chi connectivity index (χ1v) is 5.15. The molecule has 1 fully saturated rings. The third-order valence-electron chi connectivity index (χ3n) is 2.65. The van der Waals surface area contributed by atoms with Crippen LogP contribution >= 0.6 is 0 Å². The first-order chi connectivity index (χ1) is 7.22. The minimum Gasteiger partial charge on any atom is -0.337 e. The SMILES string of the molecule is CN(C(=O)c1cccc(CN)n1)C1CC1. The summed E-state index contributed by atoms with van der Waals surface area (Å²) in [5, 5.41) is 0. The summed E-state index contributed by atoms with van der Waals surface area (Å²) in [6.45, 7) is 0.369. The summed E-state index contributed by atoms with van der Waals surface area (Å²) in [5.41, 5.74) is 6.73. The standard InChI is InChI=1S/C11H15N3O/c1-14(9-5-6-9)11(15)10-4-2-3-8(7-12)13-10/h2-4,9H,5-7,12H2,1H3. The number of rotatable bonds is 3. The van der Waals surface area contributed by atoms with Gasteiger partial charge in [-0.2, -0.15) is 0 Å². The predicted molar refractivity (Wildman–Crippen MR) is 57.2 cm³/mol. The van der Waals surface area contributed by atoms with Crippen molar-refractivity contribution in [3.8, 4) is 0 Å². The molecule has 0 atom stereocenters. The van der Waals surface area contributed by atoms with Crippen molar-refractivity contribution in [1.82, 2.24) is 9.88 Å². The Balaban J connectivity index is 2.16. The van der Waals surface area contributed by atoms with E-state index in [4.69, 9.17) is 5.73 Å². The van der Waals surface area contributed by atoms with Gasteiger partial charge in [0.15, 0.2) is 0 Å². The average molecular weight is 205 g/mol. The molecule has 1 aliphatic carbocycles. The quantitative estimate of drug-likeness (QED) is 0.793. The van der Waals surface area contributed by atoms with Crippen molar-refractivity contribution in [2.45, 2.75) is 25.4 Å². The zero-order chi connectivity index (χ0) is 10.8. The van der Waals surface area contributed by atoms with Crippen LogP contribution in [0.1, 0.15) is 29.0 Å². The Morgan fingerprint density at radius 1 is 1.60 bits per heavy atom. The second kappa shape index (κ2) is 3.98. The topological polar surface area (TPSA) is 59.2 Å². The van der Waals surface area contributed by atoms with Crippen LogP contribution in [0.25, 0.3) is 0 Å². The van der Waals surface area contributed by atoms with Crippen LogP contribution in [0, 0.1) is 0 Å². The third kappa shape index (κ3) is 2.15. The molecule has 0 bridgehead atoms. The van der Waals surface area contributed by atoms with Crippen LogP contribution < -0.4 is 5.73 Å². The number of aromatic nitrogens is 1. The molecule has 1 aromatic rings. The van der Waals surface area contributed by atoms with E-state index in [-0.39, 0.29) is 5.91 Å². The summed E-state index contributed by atoms with van der Waals surface area (Å²) in [6, 6.07) is 5.80. The summed E-state index contributed by atoms with van der Waals surface area (Å²) < 4.78 is 0. The molecule has 0 saturated heterocycles. The number of carbonyl (C=O) groups is 1. The lowest BCUT2D eigenvalue weighted by Gasteiger charge is -2.15. The van der Waals surface area contributed by atoms with Crippen LogP contribution in [0.15, 0.2) is 18.2 Å². The fourth-order valence-corrected chi connectivity index (χ4v) is 1.52. The summed E-state index contributed by atoms with van der Waals surface area (Å²) >= 11 is 0. The Labute approximate surface area is 89.1 Å². The van der Waals surface area contributed by atoms with Crippen molar-refractivity contribution in [1.29, 1.82) is 0 Å². The highest BCUT2D eigenvalue weighted by molar-refractivity contribution is 5.92. The second-order valence-electron chi connectivity index (χ2n) is 3.87. The smallest absolute Gasteiger partial charge is 0.272 e. The van der Waals surface area contributed by atoms with E-state index in [0.717, 1.165) is 18.5 Å². The minimum atomic E-state index is -0.00667. The first-order valence-electron chi connectivity index (χ1n) is 5.15. The van der Waals surface area contributed by atoms with Gasteiger partial charge in [0.25, 0.3) is 5.91 Å². The van der Waals surface area contributed by atoms with Crippen molar-refractivity contribution in [2.24, 2.45) is 5.73 Å². The maximum Gasteiger partial charge on any atom is 0.272 e. The first kappa shape index (κ1) is 10.1. The molecule has 1 heterocycles. The molecule has 1 amide bonds. The molecule has 0 radical (unpaired) electrons. The Morgan fingerprint density at radius 2 is 2.33 bits per heavy atom. The Bertz CT molecular complexity index is 374. The molecule has 80 valence electrons. The van der Waals surface area contributed by atoms with Gasteiger partial charge in [-0.1, -0.05) is 6.07 Å². The maximum atomic E-state index is 11.9. The fourth-order valence-electron chi connectivity index (χ4n) is 1.52. The summed E-state index contributed by atoms with van der Waals surface area (Å²) in [5.74, 6) is -0.00667. The largest absolute Gasteiger partial charge is 0.337 e. The average Bonchev–Trinajstić information content (AvgIpc) is 3.11. The molecule has 2 N–H and O–H groups in total. The van der Waals surface area contributed by atoms with Gasteiger partial charge in [0.1, 0.15) is 5.69 Å². The van der Waals surface area contributed by atoms with Gasteiger partial charge in [-0.3, -0.25) is 4.79 Å². The third-order valence-corrected chi connectivity index (χ3v) is 2.65. The van der Waals surface area contributed by atoms with Gasteiger partial charge in [0, 0.05) is 19.6 Å². The highest BCUT2D eigenvalue weighted by Crippen LogP contribution is 2.26. The number of nitrogens with two attached hydrogens (primary N) is 1. The second-order valence-corrected chi connectivity index (χ2v) is 3.87. The fraction of sp³-hybridized carbons (Fsp3) is 0.455. The number of hydrogen-bond acceptors (Lipinski definition) is 3. The van der Waals surface area contributed by atoms with Gasteiger partial charge < -0.3 is 10.6 Å². The molecule has 2 rings (SSSR count). The van der Waals surface area contributed by atoms with Gasteiger partial charge in [-0.25, -0.2) is 4.98 Å². The van der Waals surface area contributed by atoms with Crippen LogP contribution in [0.4, 0.5) is 0 Å². The molecule has 1 aliphatic rings. The summed E-state index contributed by atoms with van der Waals surface area (Å²) in [7, 11) is 1.83. The van der Waals surface area contributed by atoms with Gasteiger partial charge >= 0.3 is 0 Å². The Morgan fingerprint density at radius 3 is 2.93 bits per heavy atom. The molecule has 0 unspecified atom stereocenters. The molecule has 4 heteroatoms. The van der Waals surface area contributed by atoms with Crippen molar-refractivity contribution in [3.05, 3.63) is 29.6 Å². The predicted octanol–water partition coefficient (Wildman–Crippen LogP) is 0.775. The molecule has 0 aromatic carbocycles.